The molecule has 36 heavy (non-hydrogen) atoms. The number of hydrogen-bond acceptors (Lipinski definition) is 7. The molecule has 5 rings (SSSR count). The Morgan fingerprint density at radius 3 is 2.42 bits per heavy atom. The van der Waals surface area contributed by atoms with E-state index in [4.69, 9.17) is 11.6 Å². The fourth-order valence-corrected chi connectivity index (χ4v) is 6.01. The van der Waals surface area contributed by atoms with Crippen molar-refractivity contribution < 1.29 is 19.1 Å². The molecule has 2 heterocycles. The molecule has 10 heteroatoms. The van der Waals surface area contributed by atoms with Gasteiger partial charge in [0.1, 0.15) is 11.6 Å². The van der Waals surface area contributed by atoms with Gasteiger partial charge in [0.15, 0.2) is 4.34 Å². The number of amides is 1. The van der Waals surface area contributed by atoms with Crippen LogP contribution in [0.5, 0.6) is 0 Å². The number of benzene rings is 3. The van der Waals surface area contributed by atoms with Crippen LogP contribution in [0.1, 0.15) is 22.7 Å². The van der Waals surface area contributed by atoms with Crippen molar-refractivity contribution in [1.82, 2.24) is 10.2 Å². The molecule has 1 amide bonds. The van der Waals surface area contributed by atoms with Gasteiger partial charge in [0.25, 0.3) is 5.78 Å². The van der Waals surface area contributed by atoms with Gasteiger partial charge in [0.05, 0.1) is 11.6 Å². The molecule has 180 valence electrons. The summed E-state index contributed by atoms with van der Waals surface area (Å²) in [5.74, 6) is -1.94. The summed E-state index contributed by atoms with van der Waals surface area (Å²) in [7, 11) is 0. The third-order valence-corrected chi connectivity index (χ3v) is 8.06. The molecule has 1 fully saturated rings. The van der Waals surface area contributed by atoms with Gasteiger partial charge in [-0.15, -0.1) is 10.2 Å². The average molecular weight is 538 g/mol. The number of thioether (sulfide) groups is 1. The second-order valence-corrected chi connectivity index (χ2v) is 10.4. The number of hydrogen-bond donors (Lipinski definition) is 1. The van der Waals surface area contributed by atoms with Crippen LogP contribution in [0.3, 0.4) is 0 Å². The summed E-state index contributed by atoms with van der Waals surface area (Å²) in [5.41, 5.74) is 1.67. The van der Waals surface area contributed by atoms with Gasteiger partial charge >= 0.3 is 5.91 Å². The van der Waals surface area contributed by atoms with E-state index >= 15 is 0 Å². The van der Waals surface area contributed by atoms with Crippen LogP contribution in [0, 0.1) is 5.82 Å². The van der Waals surface area contributed by atoms with Crippen LogP contribution in [0.25, 0.3) is 5.76 Å². The zero-order chi connectivity index (χ0) is 25.2. The fraction of sp³-hybridized carbons (Fsp3) is 0.0769. The number of anilines is 1. The van der Waals surface area contributed by atoms with Crippen LogP contribution in [-0.4, -0.2) is 27.0 Å². The Bertz CT molecular complexity index is 1480. The zero-order valence-corrected chi connectivity index (χ0v) is 20.9. The van der Waals surface area contributed by atoms with E-state index in [0.29, 0.717) is 26.2 Å². The standard InChI is InChI=1S/C26H17ClFN3O3S2/c27-19-9-5-4-8-17(19)14-35-26-30-29-25(36-26)31-21(15-10-12-18(28)13-11-15)20(23(33)24(31)34)22(32)16-6-2-1-3-7-16/h1-13,21,32H,14H2/b22-20-. The quantitative estimate of drug-likeness (QED) is 0.103. The van der Waals surface area contributed by atoms with Crippen molar-refractivity contribution >= 4 is 57.3 Å². The molecule has 6 nitrogen and oxygen atoms in total. The summed E-state index contributed by atoms with van der Waals surface area (Å²) < 4.78 is 14.3. The van der Waals surface area contributed by atoms with E-state index in [-0.39, 0.29) is 16.5 Å². The Morgan fingerprint density at radius 1 is 1.00 bits per heavy atom. The van der Waals surface area contributed by atoms with Crippen LogP contribution >= 0.6 is 34.7 Å². The number of aliphatic hydroxyl groups is 1. The van der Waals surface area contributed by atoms with E-state index in [0.717, 1.165) is 16.9 Å². The van der Waals surface area contributed by atoms with Crippen LogP contribution in [0.15, 0.2) is 88.8 Å². The predicted octanol–water partition coefficient (Wildman–Crippen LogP) is 6.25. The Balaban J connectivity index is 1.54. The number of aromatic nitrogens is 2. The van der Waals surface area contributed by atoms with E-state index in [2.05, 4.69) is 10.2 Å². The average Bonchev–Trinajstić information content (AvgIpc) is 3.46. The fourth-order valence-electron chi connectivity index (χ4n) is 3.85. The minimum absolute atomic E-state index is 0.0988. The highest BCUT2D eigenvalue weighted by Gasteiger charge is 2.48. The summed E-state index contributed by atoms with van der Waals surface area (Å²) in [5, 5.41) is 20.2. The topological polar surface area (TPSA) is 83.4 Å². The van der Waals surface area contributed by atoms with Crippen LogP contribution in [0.2, 0.25) is 5.02 Å². The van der Waals surface area contributed by atoms with Crippen molar-refractivity contribution in [1.29, 1.82) is 0 Å². The van der Waals surface area contributed by atoms with Crippen LogP contribution < -0.4 is 4.90 Å². The van der Waals surface area contributed by atoms with Gasteiger partial charge in [0.2, 0.25) is 5.13 Å². The molecule has 1 aliphatic heterocycles. The highest BCUT2D eigenvalue weighted by molar-refractivity contribution is 8.00. The maximum absolute atomic E-state index is 13.7. The van der Waals surface area contributed by atoms with Crippen molar-refractivity contribution in [3.05, 3.63) is 112 Å². The van der Waals surface area contributed by atoms with Gasteiger partial charge < -0.3 is 5.11 Å². The monoisotopic (exact) mass is 537 g/mol. The molecule has 4 aromatic rings. The summed E-state index contributed by atoms with van der Waals surface area (Å²) in [4.78, 5) is 27.6. The third kappa shape index (κ3) is 4.65. The first-order chi connectivity index (χ1) is 17.4. The molecule has 0 saturated carbocycles. The second kappa shape index (κ2) is 10.2. The van der Waals surface area contributed by atoms with E-state index < -0.39 is 23.5 Å². The maximum Gasteiger partial charge on any atom is 0.301 e. The van der Waals surface area contributed by atoms with E-state index in [1.807, 2.05) is 18.2 Å². The van der Waals surface area contributed by atoms with Crippen LogP contribution in [-0.2, 0) is 15.3 Å². The van der Waals surface area contributed by atoms with Gasteiger partial charge in [-0.1, -0.05) is 95.4 Å². The highest BCUT2D eigenvalue weighted by atomic mass is 35.5. The highest BCUT2D eigenvalue weighted by Crippen LogP contribution is 2.44. The molecule has 0 radical (unpaired) electrons. The molecule has 1 aromatic heterocycles. The molecule has 1 saturated heterocycles. The molecule has 3 aromatic carbocycles. The predicted molar refractivity (Wildman–Crippen MR) is 139 cm³/mol. The Hall–Kier alpha value is -3.53. The molecular formula is C26H17ClFN3O3S2. The maximum atomic E-state index is 13.7. The van der Waals surface area contributed by atoms with Crippen molar-refractivity contribution in [3.63, 3.8) is 0 Å². The zero-order valence-electron chi connectivity index (χ0n) is 18.5. The number of carbonyl (C=O) groups excluding carboxylic acids is 2. The number of rotatable bonds is 6. The Morgan fingerprint density at radius 2 is 1.69 bits per heavy atom. The molecule has 1 unspecified atom stereocenters. The summed E-state index contributed by atoms with van der Waals surface area (Å²) in [6, 6.07) is 20.4. The molecule has 1 atom stereocenters. The number of carbonyl (C=O) groups is 2. The number of aliphatic hydroxyl groups excluding tert-OH is 1. The SMILES string of the molecule is O=C1C(=O)N(c2nnc(SCc3ccccc3Cl)s2)C(c2ccc(F)cc2)/C1=C(/O)c1ccccc1. The van der Waals surface area contributed by atoms with E-state index in [1.165, 1.54) is 40.9 Å². The van der Waals surface area contributed by atoms with Gasteiger partial charge in [-0.25, -0.2) is 4.39 Å². The normalized spacial score (nSPS) is 17.1. The minimum Gasteiger partial charge on any atom is -0.507 e. The number of halogens is 2. The summed E-state index contributed by atoms with van der Waals surface area (Å²) in [6.07, 6.45) is 0. The first kappa shape index (κ1) is 24.2. The molecule has 0 spiro atoms. The summed E-state index contributed by atoms with van der Waals surface area (Å²) >= 11 is 8.78. The molecule has 0 bridgehead atoms. The van der Waals surface area contributed by atoms with Gasteiger partial charge in [-0.2, -0.15) is 0 Å². The Labute approximate surface area is 219 Å². The first-order valence-electron chi connectivity index (χ1n) is 10.8. The molecular weight excluding hydrogens is 521 g/mol. The lowest BCUT2D eigenvalue weighted by Crippen LogP contribution is -2.29. The second-order valence-electron chi connectivity index (χ2n) is 7.82. The smallest absolute Gasteiger partial charge is 0.301 e. The number of Topliss-reactive ketones (excluding diaryl/α,β-unsaturated/α-hetero) is 1. The number of nitrogens with zero attached hydrogens (tertiary/aromatic N) is 3. The van der Waals surface area contributed by atoms with Crippen molar-refractivity contribution in [2.75, 3.05) is 4.90 Å². The largest absolute Gasteiger partial charge is 0.507 e. The van der Waals surface area contributed by atoms with E-state index in [9.17, 15) is 19.1 Å². The Kier molecular flexibility index (Phi) is 6.86. The lowest BCUT2D eigenvalue weighted by atomic mass is 9.95. The molecule has 1 N–H and O–H groups in total. The van der Waals surface area contributed by atoms with E-state index in [1.54, 1.807) is 36.4 Å². The molecule has 0 aliphatic carbocycles. The van der Waals surface area contributed by atoms with Gasteiger partial charge in [-0.3, -0.25) is 14.5 Å². The lowest BCUT2D eigenvalue weighted by molar-refractivity contribution is -0.132. The molecule has 1 aliphatic rings. The minimum atomic E-state index is -1.000. The van der Waals surface area contributed by atoms with Crippen molar-refractivity contribution in [2.24, 2.45) is 0 Å². The first-order valence-corrected chi connectivity index (χ1v) is 12.9. The van der Waals surface area contributed by atoms with Crippen molar-refractivity contribution in [3.8, 4) is 0 Å². The summed E-state index contributed by atoms with van der Waals surface area (Å²) in [6.45, 7) is 0. The van der Waals surface area contributed by atoms with Gasteiger partial charge in [0, 0.05) is 16.3 Å². The lowest BCUT2D eigenvalue weighted by Gasteiger charge is -2.22. The van der Waals surface area contributed by atoms with Gasteiger partial charge in [-0.05, 0) is 29.3 Å². The van der Waals surface area contributed by atoms with Crippen molar-refractivity contribution in [2.45, 2.75) is 16.1 Å². The van der Waals surface area contributed by atoms with Crippen LogP contribution in [0.4, 0.5) is 9.52 Å². The third-order valence-electron chi connectivity index (χ3n) is 5.59. The number of ketones is 1.